The van der Waals surface area contributed by atoms with Gasteiger partial charge < -0.3 is 4.74 Å². The lowest BCUT2D eigenvalue weighted by Crippen LogP contribution is -2.37. The van der Waals surface area contributed by atoms with E-state index in [9.17, 15) is 9.59 Å². The highest BCUT2D eigenvalue weighted by Gasteiger charge is 2.60. The van der Waals surface area contributed by atoms with Crippen LogP contribution < -0.4 is 14.7 Å². The molecule has 2 fully saturated rings. The molecule has 0 bridgehead atoms. The molecule has 4 aromatic carbocycles. The van der Waals surface area contributed by atoms with Gasteiger partial charge in [0.15, 0.2) is 6.10 Å². The van der Waals surface area contributed by atoms with Crippen molar-refractivity contribution in [3.63, 3.8) is 0 Å². The van der Waals surface area contributed by atoms with Crippen molar-refractivity contribution in [1.82, 2.24) is 0 Å². The average molecular weight is 555 g/mol. The fourth-order valence-corrected chi connectivity index (χ4v) is 5.16. The standard InChI is InChI=1S/C30H23BrN2O4/c31-22-13-15-23(16-14-22)32-29(34)26-27(33(37-28(26)30(32)35)24-9-5-2-6-10-24)21-11-17-25(18-12-21)36-19-20-7-3-1-4-8-20/h1-18,26-28H,19H2/t26-,27+,28-/m0/s1. The van der Waals surface area contributed by atoms with Crippen molar-refractivity contribution in [2.75, 3.05) is 9.96 Å². The number of hydrogen-bond donors (Lipinski definition) is 0. The number of carbonyl (C=O) groups is 2. The van der Waals surface area contributed by atoms with Crippen LogP contribution in [0.5, 0.6) is 5.75 Å². The Balaban J connectivity index is 1.31. The molecule has 0 radical (unpaired) electrons. The highest BCUT2D eigenvalue weighted by atomic mass is 79.9. The van der Waals surface area contributed by atoms with Gasteiger partial charge in [0, 0.05) is 4.47 Å². The van der Waals surface area contributed by atoms with Gasteiger partial charge in [-0.15, -0.1) is 0 Å². The molecular weight excluding hydrogens is 532 g/mol. The Bertz CT molecular complexity index is 1410. The van der Waals surface area contributed by atoms with Gasteiger partial charge in [0.1, 0.15) is 18.3 Å². The van der Waals surface area contributed by atoms with Gasteiger partial charge in [-0.3, -0.25) is 14.4 Å². The summed E-state index contributed by atoms with van der Waals surface area (Å²) in [6.45, 7) is 0.461. The second-order valence-electron chi connectivity index (χ2n) is 8.99. The second-order valence-corrected chi connectivity index (χ2v) is 9.91. The lowest BCUT2D eigenvalue weighted by atomic mass is 9.90. The van der Waals surface area contributed by atoms with E-state index in [4.69, 9.17) is 9.57 Å². The first-order chi connectivity index (χ1) is 18.1. The minimum Gasteiger partial charge on any atom is -0.489 e. The number of imide groups is 1. The molecule has 0 unspecified atom stereocenters. The summed E-state index contributed by atoms with van der Waals surface area (Å²) in [7, 11) is 0. The maximum Gasteiger partial charge on any atom is 0.266 e. The quantitative estimate of drug-likeness (QED) is 0.270. The van der Waals surface area contributed by atoms with E-state index in [-0.39, 0.29) is 11.8 Å². The molecular formula is C30H23BrN2O4. The topological polar surface area (TPSA) is 59.1 Å². The van der Waals surface area contributed by atoms with Crippen LogP contribution >= 0.6 is 15.9 Å². The van der Waals surface area contributed by atoms with Gasteiger partial charge in [-0.25, -0.2) is 9.96 Å². The summed E-state index contributed by atoms with van der Waals surface area (Å²) in [5, 5.41) is 1.70. The maximum atomic E-state index is 13.7. The molecule has 2 heterocycles. The number of benzene rings is 4. The zero-order valence-corrected chi connectivity index (χ0v) is 21.3. The van der Waals surface area contributed by atoms with Crippen molar-refractivity contribution in [3.8, 4) is 5.75 Å². The largest absolute Gasteiger partial charge is 0.489 e. The molecule has 4 aromatic rings. The highest BCUT2D eigenvalue weighted by molar-refractivity contribution is 9.10. The summed E-state index contributed by atoms with van der Waals surface area (Å²) >= 11 is 3.41. The number of anilines is 2. The van der Waals surface area contributed by atoms with Crippen LogP contribution in [0.15, 0.2) is 114 Å². The van der Waals surface area contributed by atoms with Crippen molar-refractivity contribution in [3.05, 3.63) is 125 Å². The van der Waals surface area contributed by atoms with Crippen LogP contribution in [0, 0.1) is 5.92 Å². The molecule has 2 aliphatic rings. The van der Waals surface area contributed by atoms with Gasteiger partial charge >= 0.3 is 0 Å². The molecule has 0 saturated carbocycles. The Morgan fingerprint density at radius 1 is 0.730 bits per heavy atom. The molecule has 0 N–H and O–H groups in total. The molecule has 184 valence electrons. The molecule has 7 heteroatoms. The Morgan fingerprint density at radius 3 is 2.05 bits per heavy atom. The number of rotatable bonds is 6. The van der Waals surface area contributed by atoms with Gasteiger partial charge in [0.25, 0.3) is 5.91 Å². The number of carbonyl (C=O) groups excluding carboxylic acids is 2. The van der Waals surface area contributed by atoms with Crippen molar-refractivity contribution in [2.24, 2.45) is 5.92 Å². The first-order valence-corrected chi connectivity index (χ1v) is 12.8. The van der Waals surface area contributed by atoms with E-state index in [2.05, 4.69) is 15.9 Å². The molecule has 6 nitrogen and oxygen atoms in total. The number of ether oxygens (including phenoxy) is 1. The lowest BCUT2D eigenvalue weighted by molar-refractivity contribution is -0.126. The number of nitrogens with zero attached hydrogens (tertiary/aromatic N) is 2. The van der Waals surface area contributed by atoms with Crippen LogP contribution in [0.1, 0.15) is 17.2 Å². The van der Waals surface area contributed by atoms with Crippen LogP contribution in [0.2, 0.25) is 0 Å². The van der Waals surface area contributed by atoms with E-state index >= 15 is 0 Å². The third-order valence-electron chi connectivity index (χ3n) is 6.68. The monoisotopic (exact) mass is 554 g/mol. The molecule has 6 rings (SSSR count). The van der Waals surface area contributed by atoms with Crippen molar-refractivity contribution >= 4 is 39.1 Å². The number of hydroxylamine groups is 1. The predicted molar refractivity (Wildman–Crippen MR) is 144 cm³/mol. The molecule has 3 atom stereocenters. The smallest absolute Gasteiger partial charge is 0.266 e. The zero-order valence-electron chi connectivity index (χ0n) is 19.7. The predicted octanol–water partition coefficient (Wildman–Crippen LogP) is 6.08. The Morgan fingerprint density at radius 2 is 1.38 bits per heavy atom. The van der Waals surface area contributed by atoms with Crippen LogP contribution in [-0.4, -0.2) is 17.9 Å². The zero-order chi connectivity index (χ0) is 25.4. The van der Waals surface area contributed by atoms with Gasteiger partial charge in [-0.05, 0) is 59.7 Å². The Hall–Kier alpha value is -3.94. The minimum atomic E-state index is -0.907. The maximum absolute atomic E-state index is 13.7. The second kappa shape index (κ2) is 9.84. The summed E-state index contributed by atoms with van der Waals surface area (Å²) in [4.78, 5) is 34.6. The molecule has 0 spiro atoms. The summed E-state index contributed by atoms with van der Waals surface area (Å²) in [5.74, 6) is -0.596. The summed E-state index contributed by atoms with van der Waals surface area (Å²) in [5.41, 5.74) is 3.26. The van der Waals surface area contributed by atoms with Crippen molar-refractivity contribution in [1.29, 1.82) is 0 Å². The number of hydrogen-bond acceptors (Lipinski definition) is 5. The van der Waals surface area contributed by atoms with E-state index in [0.29, 0.717) is 12.3 Å². The minimum absolute atomic E-state index is 0.273. The normalized spacial score (nSPS) is 20.8. The van der Waals surface area contributed by atoms with E-state index in [1.807, 2.05) is 97.1 Å². The summed E-state index contributed by atoms with van der Waals surface area (Å²) < 4.78 is 6.82. The van der Waals surface area contributed by atoms with E-state index in [1.54, 1.807) is 17.2 Å². The number of amides is 2. The third-order valence-corrected chi connectivity index (χ3v) is 7.21. The van der Waals surface area contributed by atoms with Gasteiger partial charge in [-0.1, -0.05) is 76.6 Å². The van der Waals surface area contributed by atoms with Crippen molar-refractivity contribution in [2.45, 2.75) is 18.8 Å². The summed E-state index contributed by atoms with van der Waals surface area (Å²) in [6, 6.07) is 33.8. The highest BCUT2D eigenvalue weighted by Crippen LogP contribution is 2.47. The summed E-state index contributed by atoms with van der Waals surface area (Å²) in [6.07, 6.45) is -0.907. The number of para-hydroxylation sites is 1. The van der Waals surface area contributed by atoms with E-state index < -0.39 is 18.1 Å². The first kappa shape index (κ1) is 23.5. The molecule has 2 aliphatic heterocycles. The fourth-order valence-electron chi connectivity index (χ4n) is 4.90. The van der Waals surface area contributed by atoms with Gasteiger partial charge in [0.05, 0.1) is 17.4 Å². The molecule has 2 amide bonds. The molecule has 0 aliphatic carbocycles. The van der Waals surface area contributed by atoms with E-state index in [1.165, 1.54) is 4.90 Å². The number of halogens is 1. The van der Waals surface area contributed by atoms with Crippen LogP contribution in [0.4, 0.5) is 11.4 Å². The molecule has 2 saturated heterocycles. The van der Waals surface area contributed by atoms with Crippen LogP contribution in [0.25, 0.3) is 0 Å². The first-order valence-electron chi connectivity index (χ1n) is 12.0. The van der Waals surface area contributed by atoms with Gasteiger partial charge in [-0.2, -0.15) is 0 Å². The average Bonchev–Trinajstić information content (AvgIpc) is 3.45. The molecule has 37 heavy (non-hydrogen) atoms. The van der Waals surface area contributed by atoms with Crippen LogP contribution in [-0.2, 0) is 21.0 Å². The Labute approximate surface area is 223 Å². The van der Waals surface area contributed by atoms with Crippen molar-refractivity contribution < 1.29 is 19.2 Å². The van der Waals surface area contributed by atoms with E-state index in [0.717, 1.165) is 27.0 Å². The SMILES string of the molecule is O=C1[C@@H]2[C@H](ON(c3ccccc3)[C@@H]2c2ccc(OCc3ccccc3)cc2)C(=O)N1c1ccc(Br)cc1. The fraction of sp³-hybridized carbons (Fsp3) is 0.133. The molecule has 0 aromatic heterocycles. The lowest BCUT2D eigenvalue weighted by Gasteiger charge is -2.28. The van der Waals surface area contributed by atoms with Crippen LogP contribution in [0.3, 0.4) is 0 Å². The van der Waals surface area contributed by atoms with Gasteiger partial charge in [0.2, 0.25) is 5.91 Å². The number of fused-ring (bicyclic) bond motifs is 1. The Kier molecular flexibility index (Phi) is 6.24. The third kappa shape index (κ3) is 4.41.